The smallest absolute Gasteiger partial charge is 0.435 e. The molecule has 5 aromatic rings. The average Bonchev–Trinajstić information content (AvgIpc) is 3.30. The van der Waals surface area contributed by atoms with Crippen LogP contribution in [0.3, 0.4) is 0 Å². The van der Waals surface area contributed by atoms with Crippen LogP contribution >= 0.6 is 11.6 Å². The Balaban J connectivity index is 1.39. The van der Waals surface area contributed by atoms with Crippen molar-refractivity contribution in [2.75, 3.05) is 5.32 Å². The van der Waals surface area contributed by atoms with E-state index in [4.69, 9.17) is 16.3 Å². The molecule has 0 fully saturated rings. The molecule has 4 aromatic heterocycles. The number of halogens is 2. The van der Waals surface area contributed by atoms with Gasteiger partial charge in [0, 0.05) is 36.1 Å². The zero-order chi connectivity index (χ0) is 28.3. The molecule has 0 bridgehead atoms. The zero-order valence-corrected chi connectivity index (χ0v) is 22.4. The number of fused-ring (bicyclic) bond motifs is 1. The monoisotopic (exact) mass is 556 g/mol. The van der Waals surface area contributed by atoms with Gasteiger partial charge in [-0.2, -0.15) is 14.2 Å². The van der Waals surface area contributed by atoms with Crippen molar-refractivity contribution in [3.05, 3.63) is 89.0 Å². The average molecular weight is 557 g/mol. The van der Waals surface area contributed by atoms with E-state index < -0.39 is 17.6 Å². The van der Waals surface area contributed by atoms with E-state index in [0.717, 1.165) is 0 Å². The molecule has 0 unspecified atom stereocenters. The van der Waals surface area contributed by atoms with Crippen molar-refractivity contribution in [1.29, 1.82) is 0 Å². The highest BCUT2D eigenvalue weighted by molar-refractivity contribution is 6.31. The van der Waals surface area contributed by atoms with Crippen molar-refractivity contribution in [1.82, 2.24) is 34.7 Å². The third-order valence-corrected chi connectivity index (χ3v) is 5.73. The molecule has 12 heteroatoms. The maximum atomic E-state index is 14.0. The second-order valence-electron chi connectivity index (χ2n) is 9.45. The Morgan fingerprint density at radius 2 is 1.80 bits per heavy atom. The lowest BCUT2D eigenvalue weighted by molar-refractivity contribution is 0.0522. The first-order chi connectivity index (χ1) is 19.2. The lowest BCUT2D eigenvalue weighted by atomic mass is 10.2. The number of aromatic nitrogens is 7. The summed E-state index contributed by atoms with van der Waals surface area (Å²) in [6.45, 7) is 5.41. The van der Waals surface area contributed by atoms with Gasteiger partial charge in [-0.1, -0.05) is 23.7 Å². The number of pyridine rings is 1. The van der Waals surface area contributed by atoms with Crippen LogP contribution < -0.4 is 5.32 Å². The highest BCUT2D eigenvalue weighted by Gasteiger charge is 2.21. The SMILES string of the molecule is CC(C)(C)OC(=O)n1nc(C#Cc2ccnc(-c3ccnc(NCc4c(Cl)ccnc4F)n3)n2)c2ccccc21. The Morgan fingerprint density at radius 3 is 2.60 bits per heavy atom. The molecule has 0 aliphatic rings. The number of anilines is 1. The molecule has 200 valence electrons. The molecule has 5 rings (SSSR count). The molecule has 0 saturated heterocycles. The standard InChI is InChI=1S/C28H22ClFN8O2/c1-28(2,3)40-27(39)38-23-7-5-4-6-18(23)21(37-38)9-8-17-10-13-32-25(35-17)22-12-15-33-26(36-22)34-16-19-20(29)11-14-31-24(19)30/h4-7,10-15H,16H2,1-3H3,(H,33,34,36). The number of nitrogens with one attached hydrogen (secondary N) is 1. The number of hydrogen-bond donors (Lipinski definition) is 1. The van der Waals surface area contributed by atoms with Crippen LogP contribution in [0.2, 0.25) is 5.02 Å². The van der Waals surface area contributed by atoms with Crippen molar-refractivity contribution in [2.24, 2.45) is 0 Å². The highest BCUT2D eigenvalue weighted by Crippen LogP contribution is 2.21. The molecule has 0 radical (unpaired) electrons. The van der Waals surface area contributed by atoms with Gasteiger partial charge < -0.3 is 10.1 Å². The minimum absolute atomic E-state index is 0.0399. The minimum atomic E-state index is -0.675. The number of carbonyl (C=O) groups is 1. The Morgan fingerprint density at radius 1 is 1.02 bits per heavy atom. The van der Waals surface area contributed by atoms with Gasteiger partial charge in [-0.25, -0.2) is 29.7 Å². The minimum Gasteiger partial charge on any atom is -0.442 e. The van der Waals surface area contributed by atoms with E-state index in [1.54, 1.807) is 45.2 Å². The fraction of sp³-hybridized carbons (Fsp3) is 0.179. The Hall–Kier alpha value is -4.95. The Labute approximate surface area is 233 Å². The highest BCUT2D eigenvalue weighted by atomic mass is 35.5. The fourth-order valence-electron chi connectivity index (χ4n) is 3.62. The van der Waals surface area contributed by atoms with Crippen LogP contribution in [-0.2, 0) is 11.3 Å². The number of para-hydroxylation sites is 1. The molecule has 0 aliphatic carbocycles. The van der Waals surface area contributed by atoms with Crippen LogP contribution in [0.25, 0.3) is 22.4 Å². The van der Waals surface area contributed by atoms with Gasteiger partial charge in [-0.3, -0.25) is 0 Å². The van der Waals surface area contributed by atoms with E-state index in [0.29, 0.717) is 33.8 Å². The summed E-state index contributed by atoms with van der Waals surface area (Å²) in [6.07, 6.45) is 3.79. The normalized spacial score (nSPS) is 11.1. The first kappa shape index (κ1) is 26.6. The second kappa shape index (κ2) is 11.0. The van der Waals surface area contributed by atoms with E-state index >= 15 is 0 Å². The van der Waals surface area contributed by atoms with Crippen molar-refractivity contribution in [2.45, 2.75) is 32.9 Å². The summed E-state index contributed by atoms with van der Waals surface area (Å²) in [7, 11) is 0. The van der Waals surface area contributed by atoms with Crippen LogP contribution in [0.15, 0.2) is 61.1 Å². The summed E-state index contributed by atoms with van der Waals surface area (Å²) in [5, 5.41) is 8.28. The van der Waals surface area contributed by atoms with Gasteiger partial charge in [-0.05, 0) is 62.9 Å². The summed E-state index contributed by atoms with van der Waals surface area (Å²) in [4.78, 5) is 33.7. The Bertz CT molecular complexity index is 1770. The number of carbonyl (C=O) groups excluding carboxylic acids is 1. The number of nitrogens with zero attached hydrogens (tertiary/aromatic N) is 7. The lowest BCUT2D eigenvalue weighted by Gasteiger charge is -2.19. The molecule has 0 atom stereocenters. The van der Waals surface area contributed by atoms with Gasteiger partial charge >= 0.3 is 6.09 Å². The van der Waals surface area contributed by atoms with Gasteiger partial charge in [0.25, 0.3) is 0 Å². The maximum Gasteiger partial charge on any atom is 0.435 e. The van der Waals surface area contributed by atoms with E-state index in [1.165, 1.54) is 23.1 Å². The molecule has 10 nitrogen and oxygen atoms in total. The third-order valence-electron chi connectivity index (χ3n) is 5.37. The van der Waals surface area contributed by atoms with Crippen LogP contribution in [0.1, 0.15) is 37.7 Å². The summed E-state index contributed by atoms with van der Waals surface area (Å²) >= 11 is 6.07. The molecule has 1 aromatic carbocycles. The summed E-state index contributed by atoms with van der Waals surface area (Å²) in [6, 6.07) is 12.1. The van der Waals surface area contributed by atoms with Crippen LogP contribution in [0.5, 0.6) is 0 Å². The molecule has 40 heavy (non-hydrogen) atoms. The maximum absolute atomic E-state index is 14.0. The van der Waals surface area contributed by atoms with Gasteiger partial charge in [0.05, 0.1) is 10.5 Å². The molecule has 0 aliphatic heterocycles. The quantitative estimate of drug-likeness (QED) is 0.233. The largest absolute Gasteiger partial charge is 0.442 e. The van der Waals surface area contributed by atoms with Crippen molar-refractivity contribution in [3.8, 4) is 23.4 Å². The fourth-order valence-corrected chi connectivity index (χ4v) is 3.82. The summed E-state index contributed by atoms with van der Waals surface area (Å²) in [5.41, 5.74) is 1.35. The van der Waals surface area contributed by atoms with E-state index in [1.807, 2.05) is 18.2 Å². The molecule has 0 saturated carbocycles. The van der Waals surface area contributed by atoms with Gasteiger partial charge in [0.15, 0.2) is 5.82 Å². The first-order valence-corrected chi connectivity index (χ1v) is 12.5. The van der Waals surface area contributed by atoms with Crippen LogP contribution in [0.4, 0.5) is 15.1 Å². The number of hydrogen-bond acceptors (Lipinski definition) is 9. The van der Waals surface area contributed by atoms with Crippen molar-refractivity contribution in [3.63, 3.8) is 0 Å². The molecular formula is C28H22ClFN8O2. The predicted molar refractivity (Wildman–Crippen MR) is 147 cm³/mol. The van der Waals surface area contributed by atoms with E-state index in [9.17, 15) is 9.18 Å². The number of benzene rings is 1. The van der Waals surface area contributed by atoms with Crippen molar-refractivity contribution < 1.29 is 13.9 Å². The zero-order valence-electron chi connectivity index (χ0n) is 21.7. The molecular weight excluding hydrogens is 535 g/mol. The topological polar surface area (TPSA) is 121 Å². The summed E-state index contributed by atoms with van der Waals surface area (Å²) in [5.74, 6) is 5.86. The van der Waals surface area contributed by atoms with E-state index in [-0.39, 0.29) is 23.1 Å². The molecule has 0 amide bonds. The van der Waals surface area contributed by atoms with E-state index in [2.05, 4.69) is 47.2 Å². The molecule has 0 spiro atoms. The second-order valence-corrected chi connectivity index (χ2v) is 9.86. The molecule has 4 heterocycles. The van der Waals surface area contributed by atoms with Crippen LogP contribution in [-0.4, -0.2) is 46.4 Å². The van der Waals surface area contributed by atoms with Gasteiger partial charge in [0.1, 0.15) is 22.7 Å². The van der Waals surface area contributed by atoms with Gasteiger partial charge in [0.2, 0.25) is 11.9 Å². The van der Waals surface area contributed by atoms with Gasteiger partial charge in [-0.15, -0.1) is 0 Å². The third kappa shape index (κ3) is 6.03. The first-order valence-electron chi connectivity index (χ1n) is 12.1. The molecule has 1 N–H and O–H groups in total. The van der Waals surface area contributed by atoms with Crippen molar-refractivity contribution >= 4 is 34.5 Å². The Kier molecular flexibility index (Phi) is 7.35. The predicted octanol–water partition coefficient (Wildman–Crippen LogP) is 5.27. The summed E-state index contributed by atoms with van der Waals surface area (Å²) < 4.78 is 20.7. The van der Waals surface area contributed by atoms with Crippen LogP contribution in [0, 0.1) is 17.8 Å². The number of rotatable bonds is 4. The number of ether oxygens (including phenoxy) is 1. The lowest BCUT2D eigenvalue weighted by Crippen LogP contribution is -2.27.